The lowest BCUT2D eigenvalue weighted by Gasteiger charge is -2.23. The van der Waals surface area contributed by atoms with Crippen molar-refractivity contribution in [2.75, 3.05) is 20.0 Å². The molecule has 11 nitrogen and oxygen atoms in total. The molecule has 0 spiro atoms. The Hall–Kier alpha value is -5.68. The SMILES string of the molecule is [N-]=[N+]=CC(=O)CC[C@H](NC(=O)[C@H](Cc1c[nH]c2ccccc12)NC(=O)OCC1c2ccccc2-c2ccccc21)C(=O)OC(CF)CF. The van der Waals surface area contributed by atoms with Gasteiger partial charge in [-0.3, -0.25) is 9.59 Å². The van der Waals surface area contributed by atoms with Crippen molar-refractivity contribution in [1.29, 1.82) is 0 Å². The minimum Gasteiger partial charge on any atom is -0.455 e. The van der Waals surface area contributed by atoms with Crippen LogP contribution in [-0.4, -0.2) is 77.9 Å². The van der Waals surface area contributed by atoms with Gasteiger partial charge in [-0.1, -0.05) is 66.7 Å². The molecule has 1 aliphatic carbocycles. The summed E-state index contributed by atoms with van der Waals surface area (Å²) in [6, 6.07) is 20.2. The molecule has 1 heterocycles. The molecule has 1 aromatic heterocycles. The Morgan fingerprint density at radius 2 is 1.54 bits per heavy atom. The van der Waals surface area contributed by atoms with Crippen LogP contribution in [0.4, 0.5) is 13.6 Å². The number of carbonyl (C=O) groups is 4. The largest absolute Gasteiger partial charge is 0.455 e. The molecular weight excluding hydrogens is 624 g/mol. The number of aromatic nitrogens is 1. The number of alkyl carbamates (subject to hydrolysis) is 1. The number of fused-ring (bicyclic) bond motifs is 4. The molecular formula is C35H33F2N5O6. The third-order valence-electron chi connectivity index (χ3n) is 8.16. The summed E-state index contributed by atoms with van der Waals surface area (Å²) >= 11 is 0. The Labute approximate surface area is 274 Å². The lowest BCUT2D eigenvalue weighted by atomic mass is 9.98. The summed E-state index contributed by atoms with van der Waals surface area (Å²) in [5.74, 6) is -2.92. The van der Waals surface area contributed by atoms with E-state index in [-0.39, 0.29) is 31.8 Å². The van der Waals surface area contributed by atoms with E-state index < -0.39 is 55.3 Å². The molecule has 5 rings (SSSR count). The van der Waals surface area contributed by atoms with Gasteiger partial charge in [0.2, 0.25) is 11.7 Å². The first-order valence-corrected chi connectivity index (χ1v) is 15.3. The maximum absolute atomic E-state index is 13.7. The second-order valence-corrected chi connectivity index (χ2v) is 11.3. The zero-order valence-corrected chi connectivity index (χ0v) is 25.7. The predicted molar refractivity (Wildman–Crippen MR) is 172 cm³/mol. The van der Waals surface area contributed by atoms with Gasteiger partial charge in [0.05, 0.1) is 0 Å². The molecule has 0 saturated carbocycles. The second-order valence-electron chi connectivity index (χ2n) is 11.3. The first kappa shape index (κ1) is 33.7. The number of carbonyl (C=O) groups excluding carboxylic acids is 4. The number of aromatic amines is 1. The van der Waals surface area contributed by atoms with Crippen LogP contribution in [0.25, 0.3) is 27.6 Å². The van der Waals surface area contributed by atoms with Gasteiger partial charge in [0.15, 0.2) is 6.10 Å². The van der Waals surface area contributed by atoms with E-state index in [1.54, 1.807) is 6.20 Å². The van der Waals surface area contributed by atoms with Crippen molar-refractivity contribution in [2.45, 2.75) is 43.4 Å². The van der Waals surface area contributed by atoms with Crippen molar-refractivity contribution < 1.29 is 42.2 Å². The molecule has 2 amide bonds. The summed E-state index contributed by atoms with van der Waals surface area (Å²) in [7, 11) is 0. The highest BCUT2D eigenvalue weighted by Gasteiger charge is 2.32. The van der Waals surface area contributed by atoms with Crippen LogP contribution < -0.4 is 10.6 Å². The van der Waals surface area contributed by atoms with Gasteiger partial charge in [0.1, 0.15) is 32.0 Å². The van der Waals surface area contributed by atoms with Crippen LogP contribution in [0.15, 0.2) is 79.0 Å². The van der Waals surface area contributed by atoms with Gasteiger partial charge in [-0.05, 0) is 40.3 Å². The van der Waals surface area contributed by atoms with Crippen LogP contribution in [-0.2, 0) is 30.3 Å². The smallest absolute Gasteiger partial charge is 0.407 e. The number of halogens is 2. The van der Waals surface area contributed by atoms with Crippen LogP contribution in [0, 0.1) is 0 Å². The summed E-state index contributed by atoms with van der Waals surface area (Å²) in [5.41, 5.74) is 14.2. The molecule has 3 aromatic carbocycles. The van der Waals surface area contributed by atoms with Crippen LogP contribution in [0.5, 0.6) is 0 Å². The average Bonchev–Trinajstić information content (AvgIpc) is 3.66. The number of ether oxygens (including phenoxy) is 2. The van der Waals surface area contributed by atoms with E-state index in [9.17, 15) is 28.0 Å². The fourth-order valence-electron chi connectivity index (χ4n) is 5.80. The number of ketones is 1. The third-order valence-corrected chi connectivity index (χ3v) is 8.16. The number of hydrogen-bond acceptors (Lipinski definition) is 6. The Kier molecular flexibility index (Phi) is 11.0. The number of para-hydroxylation sites is 1. The summed E-state index contributed by atoms with van der Waals surface area (Å²) in [6.45, 7) is -2.62. The summed E-state index contributed by atoms with van der Waals surface area (Å²) < 4.78 is 36.8. The Morgan fingerprint density at radius 1 is 0.896 bits per heavy atom. The number of esters is 1. The number of nitrogens with zero attached hydrogens (tertiary/aromatic N) is 2. The van der Waals surface area contributed by atoms with Gasteiger partial charge >= 0.3 is 18.3 Å². The van der Waals surface area contributed by atoms with Crippen molar-refractivity contribution in [3.05, 3.63) is 101 Å². The first-order chi connectivity index (χ1) is 23.3. The summed E-state index contributed by atoms with van der Waals surface area (Å²) in [4.78, 5) is 57.6. The van der Waals surface area contributed by atoms with E-state index in [2.05, 4.69) is 20.4 Å². The molecule has 4 aromatic rings. The molecule has 13 heteroatoms. The molecule has 3 N–H and O–H groups in total. The van der Waals surface area contributed by atoms with E-state index >= 15 is 0 Å². The number of hydrogen-bond donors (Lipinski definition) is 3. The number of rotatable bonds is 15. The molecule has 248 valence electrons. The van der Waals surface area contributed by atoms with Crippen molar-refractivity contribution in [2.24, 2.45) is 0 Å². The number of alkyl halides is 2. The molecule has 0 aliphatic heterocycles. The molecule has 0 unspecified atom stereocenters. The van der Waals surface area contributed by atoms with Crippen LogP contribution in [0.2, 0.25) is 0 Å². The quantitative estimate of drug-likeness (QED) is 0.0732. The second kappa shape index (κ2) is 15.7. The number of nitrogens with one attached hydrogen (secondary N) is 3. The van der Waals surface area contributed by atoms with E-state index in [4.69, 9.17) is 15.0 Å². The number of amides is 2. The molecule has 0 saturated heterocycles. The lowest BCUT2D eigenvalue weighted by molar-refractivity contribution is -0.155. The van der Waals surface area contributed by atoms with Gasteiger partial charge in [-0.15, -0.1) is 0 Å². The van der Waals surface area contributed by atoms with Crippen molar-refractivity contribution in [3.63, 3.8) is 0 Å². The van der Waals surface area contributed by atoms with Crippen LogP contribution in [0.3, 0.4) is 0 Å². The third kappa shape index (κ3) is 7.81. The highest BCUT2D eigenvalue weighted by molar-refractivity contribution is 6.25. The number of H-pyrrole nitrogens is 1. The maximum atomic E-state index is 13.7. The fourth-order valence-corrected chi connectivity index (χ4v) is 5.80. The van der Waals surface area contributed by atoms with Crippen molar-refractivity contribution >= 4 is 40.9 Å². The van der Waals surface area contributed by atoms with E-state index in [1.165, 1.54) is 0 Å². The van der Waals surface area contributed by atoms with Crippen molar-refractivity contribution in [1.82, 2.24) is 15.6 Å². The van der Waals surface area contributed by atoms with E-state index in [1.807, 2.05) is 72.8 Å². The summed E-state index contributed by atoms with van der Waals surface area (Å²) in [5, 5.41) is 5.86. The lowest BCUT2D eigenvalue weighted by Crippen LogP contribution is -2.53. The van der Waals surface area contributed by atoms with Gasteiger partial charge in [0.25, 0.3) is 0 Å². The van der Waals surface area contributed by atoms with E-state index in [0.29, 0.717) is 11.8 Å². The summed E-state index contributed by atoms with van der Waals surface area (Å²) in [6.07, 6.45) is -1.02. The zero-order valence-electron chi connectivity index (χ0n) is 25.7. The van der Waals surface area contributed by atoms with Gasteiger partial charge in [-0.25, -0.2) is 18.4 Å². The molecule has 2 atom stereocenters. The standard InChI is InChI=1S/C35H33F2N5O6/c36-16-23(17-37)48-34(45)31(14-13-22(43)19-40-38)41-33(44)32(15-21-18-39-30-12-6-5-7-24(21)30)42-35(46)47-20-29-27-10-3-1-8-25(27)26-9-2-4-11-28(26)29/h1-12,18-19,23,29,31-32,39H,13-17,20H2,(H,41,44)(H,42,46)/t31-,32-/m0/s1. The average molecular weight is 658 g/mol. The Balaban J connectivity index is 1.35. The Morgan fingerprint density at radius 3 is 2.21 bits per heavy atom. The Bertz CT molecular complexity index is 1810. The molecule has 0 fully saturated rings. The minimum atomic E-state index is -1.70. The first-order valence-electron chi connectivity index (χ1n) is 15.3. The highest BCUT2D eigenvalue weighted by atomic mass is 19.1. The zero-order chi connectivity index (χ0) is 34.0. The van der Waals surface area contributed by atoms with Gasteiger partial charge in [-0.2, -0.15) is 4.79 Å². The fraction of sp³-hybridized carbons (Fsp3) is 0.286. The number of Topliss-reactive ketones (excluding diaryl/α,β-unsaturated/α-hetero) is 1. The van der Waals surface area contributed by atoms with Crippen LogP contribution >= 0.6 is 0 Å². The number of benzene rings is 3. The van der Waals surface area contributed by atoms with Gasteiger partial charge in [0, 0.05) is 35.9 Å². The molecule has 0 radical (unpaired) electrons. The van der Waals surface area contributed by atoms with E-state index in [0.717, 1.165) is 33.2 Å². The maximum Gasteiger partial charge on any atom is 0.407 e. The van der Waals surface area contributed by atoms with Crippen LogP contribution in [0.1, 0.15) is 35.4 Å². The topological polar surface area (TPSA) is 163 Å². The molecule has 0 bridgehead atoms. The molecule has 1 aliphatic rings. The van der Waals surface area contributed by atoms with Crippen molar-refractivity contribution in [3.8, 4) is 11.1 Å². The normalized spacial score (nSPS) is 13.1. The predicted octanol–water partition coefficient (Wildman–Crippen LogP) is 4.60. The minimum absolute atomic E-state index is 0.0153. The highest BCUT2D eigenvalue weighted by Crippen LogP contribution is 2.44. The van der Waals surface area contributed by atoms with Gasteiger partial charge < -0.3 is 30.6 Å². The monoisotopic (exact) mass is 657 g/mol. The molecule has 48 heavy (non-hydrogen) atoms.